The van der Waals surface area contributed by atoms with Crippen molar-refractivity contribution in [2.75, 3.05) is 0 Å². The summed E-state index contributed by atoms with van der Waals surface area (Å²) in [6.07, 6.45) is 0. The third kappa shape index (κ3) is 4.57. The molecular formula is C12H10ClNO2. The predicted molar refractivity (Wildman–Crippen MR) is 64.5 cm³/mol. The summed E-state index contributed by atoms with van der Waals surface area (Å²) >= 11 is 5.49. The molecule has 0 spiro atoms. The molecular weight excluding hydrogens is 226 g/mol. The molecule has 16 heavy (non-hydrogen) atoms. The molecule has 0 amide bonds. The highest BCUT2D eigenvalue weighted by molar-refractivity contribution is 6.30. The number of nitro groups is 1. The second-order valence-electron chi connectivity index (χ2n) is 2.89. The molecule has 0 unspecified atom stereocenters. The minimum atomic E-state index is -0.462. The van der Waals surface area contributed by atoms with Gasteiger partial charge in [-0.05, 0) is 12.1 Å². The first kappa shape index (κ1) is 12.2. The summed E-state index contributed by atoms with van der Waals surface area (Å²) in [5.41, 5.74) is 0.0596. The Morgan fingerprint density at radius 1 is 0.875 bits per heavy atom. The molecule has 0 N–H and O–H groups in total. The zero-order chi connectivity index (χ0) is 11.8. The maximum absolute atomic E-state index is 10.1. The average molecular weight is 236 g/mol. The van der Waals surface area contributed by atoms with Gasteiger partial charge < -0.3 is 0 Å². The van der Waals surface area contributed by atoms with E-state index >= 15 is 0 Å². The lowest BCUT2D eigenvalue weighted by Crippen LogP contribution is -1.85. The van der Waals surface area contributed by atoms with Crippen molar-refractivity contribution in [2.24, 2.45) is 0 Å². The maximum Gasteiger partial charge on any atom is 0.269 e. The van der Waals surface area contributed by atoms with Crippen LogP contribution in [-0.2, 0) is 0 Å². The van der Waals surface area contributed by atoms with Crippen molar-refractivity contribution in [3.05, 3.63) is 75.8 Å². The van der Waals surface area contributed by atoms with E-state index in [1.807, 2.05) is 36.4 Å². The van der Waals surface area contributed by atoms with E-state index in [4.69, 9.17) is 11.6 Å². The number of nitrogens with zero attached hydrogens (tertiary/aromatic N) is 1. The summed E-state index contributed by atoms with van der Waals surface area (Å²) in [6, 6.07) is 17.7. The van der Waals surface area contributed by atoms with Crippen LogP contribution in [0.5, 0.6) is 0 Å². The molecule has 0 aliphatic rings. The predicted octanol–water partition coefficient (Wildman–Crippen LogP) is 3.93. The first-order valence-electron chi connectivity index (χ1n) is 4.60. The largest absolute Gasteiger partial charge is 0.269 e. The van der Waals surface area contributed by atoms with Crippen LogP contribution in [0.1, 0.15) is 0 Å². The number of benzene rings is 2. The van der Waals surface area contributed by atoms with Gasteiger partial charge in [-0.2, -0.15) is 0 Å². The minimum Gasteiger partial charge on any atom is -0.258 e. The lowest BCUT2D eigenvalue weighted by molar-refractivity contribution is -0.384. The van der Waals surface area contributed by atoms with Crippen molar-refractivity contribution in [2.45, 2.75) is 0 Å². The van der Waals surface area contributed by atoms with Crippen molar-refractivity contribution in [1.29, 1.82) is 0 Å². The zero-order valence-corrected chi connectivity index (χ0v) is 9.17. The van der Waals surface area contributed by atoms with Gasteiger partial charge in [0.2, 0.25) is 0 Å². The Morgan fingerprint density at radius 2 is 1.25 bits per heavy atom. The normalized spacial score (nSPS) is 8.81. The molecule has 2 aromatic carbocycles. The zero-order valence-electron chi connectivity index (χ0n) is 8.42. The number of hydrogen-bond donors (Lipinski definition) is 0. The van der Waals surface area contributed by atoms with Gasteiger partial charge in [0.25, 0.3) is 5.69 Å². The van der Waals surface area contributed by atoms with Gasteiger partial charge in [-0.1, -0.05) is 48.0 Å². The highest BCUT2D eigenvalue weighted by Gasteiger charge is 2.01. The summed E-state index contributed by atoms with van der Waals surface area (Å²) in [5.74, 6) is 0. The Morgan fingerprint density at radius 3 is 1.56 bits per heavy atom. The Balaban J connectivity index is 0.000000181. The van der Waals surface area contributed by atoms with E-state index in [-0.39, 0.29) is 5.69 Å². The molecule has 0 aromatic heterocycles. The van der Waals surface area contributed by atoms with Gasteiger partial charge in [0, 0.05) is 17.2 Å². The van der Waals surface area contributed by atoms with Gasteiger partial charge in [-0.25, -0.2) is 0 Å². The fourth-order valence-electron chi connectivity index (χ4n) is 0.948. The van der Waals surface area contributed by atoms with Gasteiger partial charge >= 0.3 is 0 Å². The Kier molecular flexibility index (Phi) is 5.02. The molecule has 2 rings (SSSR count). The highest BCUT2D eigenvalue weighted by Crippen LogP contribution is 2.14. The van der Waals surface area contributed by atoms with Crippen molar-refractivity contribution in [3.8, 4) is 0 Å². The molecule has 0 aliphatic heterocycles. The average Bonchev–Trinajstić information content (AvgIpc) is 2.32. The number of hydrogen-bond acceptors (Lipinski definition) is 2. The number of nitro benzene ring substituents is 1. The summed E-state index contributed by atoms with van der Waals surface area (Å²) < 4.78 is 0. The van der Waals surface area contributed by atoms with Gasteiger partial charge in [-0.3, -0.25) is 10.1 Å². The SMILES string of the molecule is O=[N+]([O-])c1ccc(Cl)cc1.c1ccccc1. The van der Waals surface area contributed by atoms with Crippen molar-refractivity contribution < 1.29 is 4.92 Å². The van der Waals surface area contributed by atoms with E-state index in [0.29, 0.717) is 5.02 Å². The first-order chi connectivity index (χ1) is 7.70. The minimum absolute atomic E-state index is 0.0596. The van der Waals surface area contributed by atoms with Crippen LogP contribution >= 0.6 is 11.6 Å². The fourth-order valence-corrected chi connectivity index (χ4v) is 1.07. The summed E-state index contributed by atoms with van der Waals surface area (Å²) in [5, 5.41) is 10.6. The molecule has 0 aliphatic carbocycles. The smallest absolute Gasteiger partial charge is 0.258 e. The fraction of sp³-hybridized carbons (Fsp3) is 0. The number of non-ortho nitro benzene ring substituents is 1. The van der Waals surface area contributed by atoms with Crippen LogP contribution in [0.2, 0.25) is 5.02 Å². The van der Waals surface area contributed by atoms with Crippen LogP contribution in [0.4, 0.5) is 5.69 Å². The number of rotatable bonds is 1. The number of halogens is 1. The van der Waals surface area contributed by atoms with Crippen molar-refractivity contribution in [1.82, 2.24) is 0 Å². The molecule has 0 radical (unpaired) electrons. The van der Waals surface area contributed by atoms with Crippen LogP contribution in [0.3, 0.4) is 0 Å². The highest BCUT2D eigenvalue weighted by atomic mass is 35.5. The van der Waals surface area contributed by atoms with E-state index in [2.05, 4.69) is 0 Å². The van der Waals surface area contributed by atoms with Crippen molar-refractivity contribution >= 4 is 17.3 Å². The Bertz CT molecular complexity index is 402. The van der Waals surface area contributed by atoms with E-state index < -0.39 is 4.92 Å². The quantitative estimate of drug-likeness (QED) is 0.555. The standard InChI is InChI=1S/C6H4ClNO2.C6H6/c7-5-1-3-6(4-2-5)8(9)10;1-2-4-6-5-3-1/h1-4H;1-6H. The van der Waals surface area contributed by atoms with E-state index in [1.54, 1.807) is 0 Å². The third-order valence-corrected chi connectivity index (χ3v) is 1.96. The third-order valence-electron chi connectivity index (χ3n) is 1.70. The second-order valence-corrected chi connectivity index (χ2v) is 3.32. The molecule has 0 atom stereocenters. The maximum atomic E-state index is 10.1. The topological polar surface area (TPSA) is 43.1 Å². The molecule has 82 valence electrons. The van der Waals surface area contributed by atoms with Gasteiger partial charge in [-0.15, -0.1) is 0 Å². The van der Waals surface area contributed by atoms with E-state index in [9.17, 15) is 10.1 Å². The van der Waals surface area contributed by atoms with Crippen LogP contribution in [0.15, 0.2) is 60.7 Å². The molecule has 0 fully saturated rings. The van der Waals surface area contributed by atoms with E-state index in [0.717, 1.165) is 0 Å². The molecule has 0 saturated heterocycles. The van der Waals surface area contributed by atoms with Crippen LogP contribution in [0, 0.1) is 10.1 Å². The molecule has 2 aromatic rings. The second kappa shape index (κ2) is 6.58. The van der Waals surface area contributed by atoms with Crippen LogP contribution in [0.25, 0.3) is 0 Å². The first-order valence-corrected chi connectivity index (χ1v) is 4.98. The Labute approximate surface area is 98.5 Å². The Hall–Kier alpha value is -1.87. The molecule has 4 heteroatoms. The van der Waals surface area contributed by atoms with E-state index in [1.165, 1.54) is 24.3 Å². The summed E-state index contributed by atoms with van der Waals surface area (Å²) in [7, 11) is 0. The van der Waals surface area contributed by atoms with Crippen molar-refractivity contribution in [3.63, 3.8) is 0 Å². The molecule has 3 nitrogen and oxygen atoms in total. The lowest BCUT2D eigenvalue weighted by atomic mass is 10.3. The van der Waals surface area contributed by atoms with Gasteiger partial charge in [0.1, 0.15) is 0 Å². The monoisotopic (exact) mass is 235 g/mol. The molecule has 0 bridgehead atoms. The van der Waals surface area contributed by atoms with Gasteiger partial charge in [0.05, 0.1) is 4.92 Å². The lowest BCUT2D eigenvalue weighted by Gasteiger charge is -1.88. The van der Waals surface area contributed by atoms with Crippen LogP contribution < -0.4 is 0 Å². The van der Waals surface area contributed by atoms with Crippen LogP contribution in [-0.4, -0.2) is 4.92 Å². The summed E-state index contributed by atoms with van der Waals surface area (Å²) in [4.78, 5) is 9.61. The summed E-state index contributed by atoms with van der Waals surface area (Å²) in [6.45, 7) is 0. The molecule has 0 heterocycles. The van der Waals surface area contributed by atoms with Gasteiger partial charge in [0.15, 0.2) is 0 Å². The molecule has 0 saturated carbocycles.